The maximum absolute atomic E-state index is 13.6. The molecule has 5 nitrogen and oxygen atoms in total. The van der Waals surface area contributed by atoms with Crippen LogP contribution in [0.15, 0.2) is 23.1 Å². The second-order valence-corrected chi connectivity index (χ2v) is 7.13. The van der Waals surface area contributed by atoms with E-state index in [2.05, 4.69) is 0 Å². The number of benzene rings is 1. The lowest BCUT2D eigenvalue weighted by Crippen LogP contribution is -2.50. The number of thioether (sulfide) groups is 1. The van der Waals surface area contributed by atoms with E-state index in [1.807, 2.05) is 0 Å². The zero-order chi connectivity index (χ0) is 14.9. The monoisotopic (exact) mass is 323 g/mol. The van der Waals surface area contributed by atoms with Gasteiger partial charge in [0.15, 0.2) is 0 Å². The Hall–Kier alpha value is -1.19. The van der Waals surface area contributed by atoms with Crippen molar-refractivity contribution in [3.05, 3.63) is 29.8 Å². The topological polar surface area (TPSA) is 74.7 Å². The number of carboxylic acids is 1. The normalized spacial score (nSPS) is 20.8. The fourth-order valence-electron chi connectivity index (χ4n) is 1.88. The standard InChI is InChI=1S/C11H11F2NO4S2/c12-7-1-2-10(8(13)5-7)20(17,18)14-3-4-19-6-9(14)11(15)16/h1-2,5,9H,3-4,6H2,(H,15,16). The minimum atomic E-state index is -4.31. The zero-order valence-corrected chi connectivity index (χ0v) is 11.8. The van der Waals surface area contributed by atoms with Gasteiger partial charge in [0.2, 0.25) is 10.0 Å². The number of hydrogen-bond donors (Lipinski definition) is 1. The SMILES string of the molecule is O=C(O)C1CSCCN1S(=O)(=O)c1ccc(F)cc1F. The highest BCUT2D eigenvalue weighted by molar-refractivity contribution is 7.99. The van der Waals surface area contributed by atoms with E-state index in [1.54, 1.807) is 0 Å². The molecule has 0 spiro atoms. The molecule has 1 unspecified atom stereocenters. The average Bonchev–Trinajstić information content (AvgIpc) is 2.38. The van der Waals surface area contributed by atoms with Gasteiger partial charge < -0.3 is 5.11 Å². The number of halogens is 2. The van der Waals surface area contributed by atoms with Crippen LogP contribution in [0.25, 0.3) is 0 Å². The highest BCUT2D eigenvalue weighted by atomic mass is 32.2. The lowest BCUT2D eigenvalue weighted by Gasteiger charge is -2.31. The molecule has 1 aliphatic heterocycles. The fourth-order valence-corrected chi connectivity index (χ4v) is 4.76. The minimum absolute atomic E-state index is 0.0270. The number of aliphatic carboxylic acids is 1. The largest absolute Gasteiger partial charge is 0.480 e. The van der Waals surface area contributed by atoms with Crippen LogP contribution in [-0.4, -0.2) is 47.9 Å². The highest BCUT2D eigenvalue weighted by Crippen LogP contribution is 2.26. The third kappa shape index (κ3) is 2.79. The molecule has 1 atom stereocenters. The smallest absolute Gasteiger partial charge is 0.322 e. The van der Waals surface area contributed by atoms with Gasteiger partial charge in [0.05, 0.1) is 0 Å². The van der Waals surface area contributed by atoms with Gasteiger partial charge in [0.25, 0.3) is 0 Å². The van der Waals surface area contributed by atoms with E-state index in [-0.39, 0.29) is 12.3 Å². The Kier molecular flexibility index (Phi) is 4.31. The second kappa shape index (κ2) is 5.66. The van der Waals surface area contributed by atoms with Gasteiger partial charge >= 0.3 is 5.97 Å². The summed E-state index contributed by atoms with van der Waals surface area (Å²) in [4.78, 5) is 10.4. The first-order chi connectivity index (χ1) is 9.34. The third-order valence-corrected chi connectivity index (χ3v) is 5.81. The molecule has 0 bridgehead atoms. The molecule has 0 saturated carbocycles. The molecule has 0 amide bonds. The Labute approximate surface area is 118 Å². The Morgan fingerprint density at radius 2 is 2.10 bits per heavy atom. The van der Waals surface area contributed by atoms with Gasteiger partial charge in [-0.25, -0.2) is 17.2 Å². The number of carbonyl (C=O) groups is 1. The number of rotatable bonds is 3. The van der Waals surface area contributed by atoms with Crippen LogP contribution < -0.4 is 0 Å². The summed E-state index contributed by atoms with van der Waals surface area (Å²) in [6, 6.07) is 0.843. The van der Waals surface area contributed by atoms with Crippen molar-refractivity contribution in [1.29, 1.82) is 0 Å². The maximum atomic E-state index is 13.6. The molecule has 20 heavy (non-hydrogen) atoms. The predicted octanol–water partition coefficient (Wildman–Crippen LogP) is 1.16. The first kappa shape index (κ1) is 15.2. The first-order valence-electron chi connectivity index (χ1n) is 5.61. The van der Waals surface area contributed by atoms with Crippen molar-refractivity contribution in [2.75, 3.05) is 18.1 Å². The summed E-state index contributed by atoms with van der Waals surface area (Å²) in [6.07, 6.45) is 0. The van der Waals surface area contributed by atoms with Crippen molar-refractivity contribution >= 4 is 27.8 Å². The molecular weight excluding hydrogens is 312 g/mol. The highest BCUT2D eigenvalue weighted by Gasteiger charge is 2.39. The van der Waals surface area contributed by atoms with Gasteiger partial charge in [0.1, 0.15) is 22.6 Å². The molecule has 1 fully saturated rings. The molecule has 110 valence electrons. The van der Waals surface area contributed by atoms with E-state index < -0.39 is 38.6 Å². The molecule has 1 N–H and O–H groups in total. The van der Waals surface area contributed by atoms with Crippen molar-refractivity contribution in [3.8, 4) is 0 Å². The minimum Gasteiger partial charge on any atom is -0.480 e. The summed E-state index contributed by atoms with van der Waals surface area (Å²) < 4.78 is 51.9. The van der Waals surface area contributed by atoms with Crippen LogP contribution in [0.4, 0.5) is 8.78 Å². The van der Waals surface area contributed by atoms with Crippen LogP contribution in [-0.2, 0) is 14.8 Å². The Balaban J connectivity index is 2.45. The molecule has 0 aliphatic carbocycles. The first-order valence-corrected chi connectivity index (χ1v) is 8.21. The van der Waals surface area contributed by atoms with Gasteiger partial charge in [-0.1, -0.05) is 0 Å². The molecule has 1 aromatic rings. The van der Waals surface area contributed by atoms with E-state index >= 15 is 0 Å². The molecule has 1 aromatic carbocycles. The molecule has 1 heterocycles. The average molecular weight is 323 g/mol. The Bertz CT molecular complexity index is 635. The maximum Gasteiger partial charge on any atom is 0.322 e. The summed E-state index contributed by atoms with van der Waals surface area (Å²) in [5.74, 6) is -2.90. The molecule has 0 radical (unpaired) electrons. The zero-order valence-electron chi connectivity index (χ0n) is 10.1. The van der Waals surface area contributed by atoms with E-state index in [0.717, 1.165) is 16.4 Å². The summed E-state index contributed by atoms with van der Waals surface area (Å²) >= 11 is 1.31. The van der Waals surface area contributed by atoms with Gasteiger partial charge in [-0.2, -0.15) is 16.1 Å². The summed E-state index contributed by atoms with van der Waals surface area (Å²) in [7, 11) is -4.31. The van der Waals surface area contributed by atoms with Crippen LogP contribution in [0.3, 0.4) is 0 Å². The van der Waals surface area contributed by atoms with E-state index in [4.69, 9.17) is 5.11 Å². The number of nitrogens with zero attached hydrogens (tertiary/aromatic N) is 1. The number of sulfonamides is 1. The van der Waals surface area contributed by atoms with Gasteiger partial charge in [-0.05, 0) is 12.1 Å². The van der Waals surface area contributed by atoms with Crippen LogP contribution in [0.1, 0.15) is 0 Å². The number of hydrogen-bond acceptors (Lipinski definition) is 4. The van der Waals surface area contributed by atoms with Crippen molar-refractivity contribution in [2.45, 2.75) is 10.9 Å². The summed E-state index contributed by atoms with van der Waals surface area (Å²) in [5.41, 5.74) is 0. The molecule has 1 saturated heterocycles. The fraction of sp³-hybridized carbons (Fsp3) is 0.364. The van der Waals surface area contributed by atoms with Crippen molar-refractivity contribution < 1.29 is 27.1 Å². The number of carboxylic acid groups (broad SMARTS) is 1. The van der Waals surface area contributed by atoms with Crippen LogP contribution >= 0.6 is 11.8 Å². The van der Waals surface area contributed by atoms with Crippen LogP contribution in [0.2, 0.25) is 0 Å². The summed E-state index contributed by atoms with van der Waals surface area (Å²) in [6.45, 7) is -0.0270. The van der Waals surface area contributed by atoms with Gasteiger partial charge in [0, 0.05) is 24.1 Å². The van der Waals surface area contributed by atoms with Gasteiger partial charge in [-0.3, -0.25) is 4.79 Å². The third-order valence-electron chi connectivity index (χ3n) is 2.84. The van der Waals surface area contributed by atoms with Crippen molar-refractivity contribution in [1.82, 2.24) is 4.31 Å². The molecule has 1 aliphatic rings. The van der Waals surface area contributed by atoms with Crippen LogP contribution in [0.5, 0.6) is 0 Å². The second-order valence-electron chi connectivity index (χ2n) is 4.12. The summed E-state index contributed by atoms with van der Waals surface area (Å²) in [5, 5.41) is 9.06. The molecular formula is C11H11F2NO4S2. The van der Waals surface area contributed by atoms with Gasteiger partial charge in [-0.15, -0.1) is 0 Å². The lowest BCUT2D eigenvalue weighted by molar-refractivity contribution is -0.140. The molecule has 9 heteroatoms. The van der Waals surface area contributed by atoms with Crippen molar-refractivity contribution in [3.63, 3.8) is 0 Å². The van der Waals surface area contributed by atoms with Crippen molar-refractivity contribution in [2.24, 2.45) is 0 Å². The van der Waals surface area contributed by atoms with E-state index in [9.17, 15) is 22.0 Å². The van der Waals surface area contributed by atoms with Crippen LogP contribution in [0, 0.1) is 11.6 Å². The van der Waals surface area contributed by atoms with E-state index in [0.29, 0.717) is 11.8 Å². The predicted molar refractivity (Wildman–Crippen MR) is 69.0 cm³/mol. The molecule has 2 rings (SSSR count). The van der Waals surface area contributed by atoms with E-state index in [1.165, 1.54) is 11.8 Å². The Morgan fingerprint density at radius 1 is 1.40 bits per heavy atom. The molecule has 0 aromatic heterocycles. The lowest BCUT2D eigenvalue weighted by atomic mass is 10.3. The Morgan fingerprint density at radius 3 is 2.70 bits per heavy atom. The quantitative estimate of drug-likeness (QED) is 0.903.